The Morgan fingerprint density at radius 3 is 2.78 bits per heavy atom. The first-order valence-corrected chi connectivity index (χ1v) is 6.19. The maximum absolute atomic E-state index is 5.25. The molecule has 0 radical (unpaired) electrons. The third-order valence-corrected chi connectivity index (χ3v) is 2.92. The molecule has 0 aliphatic carbocycles. The number of hydrogen-bond donors (Lipinski definition) is 1. The molecule has 0 amide bonds. The van der Waals surface area contributed by atoms with Gasteiger partial charge >= 0.3 is 0 Å². The Morgan fingerprint density at radius 2 is 2.11 bits per heavy atom. The van der Waals surface area contributed by atoms with Gasteiger partial charge in [-0.05, 0) is 18.6 Å². The molecule has 4 heteroatoms. The SMILES string of the molecule is CCC(COC)n1ccnc1Nc1ccccc1. The van der Waals surface area contributed by atoms with Crippen molar-refractivity contribution in [2.75, 3.05) is 19.0 Å². The van der Waals surface area contributed by atoms with Crippen molar-refractivity contribution in [1.29, 1.82) is 0 Å². The number of anilines is 2. The van der Waals surface area contributed by atoms with Crippen LogP contribution in [0.25, 0.3) is 0 Å². The van der Waals surface area contributed by atoms with Crippen molar-refractivity contribution in [2.24, 2.45) is 0 Å². The smallest absolute Gasteiger partial charge is 0.207 e. The van der Waals surface area contributed by atoms with E-state index in [1.165, 1.54) is 0 Å². The van der Waals surface area contributed by atoms with Gasteiger partial charge in [0, 0.05) is 25.2 Å². The van der Waals surface area contributed by atoms with Crippen molar-refractivity contribution in [3.8, 4) is 0 Å². The molecule has 1 atom stereocenters. The molecular weight excluding hydrogens is 226 g/mol. The van der Waals surface area contributed by atoms with Gasteiger partial charge in [-0.3, -0.25) is 0 Å². The van der Waals surface area contributed by atoms with Crippen LogP contribution in [0.2, 0.25) is 0 Å². The van der Waals surface area contributed by atoms with Gasteiger partial charge in [0.2, 0.25) is 5.95 Å². The number of methoxy groups -OCH3 is 1. The molecule has 1 aromatic heterocycles. The molecule has 4 nitrogen and oxygen atoms in total. The Balaban J connectivity index is 2.17. The molecule has 2 aromatic rings. The van der Waals surface area contributed by atoms with Gasteiger partial charge in [0.1, 0.15) is 0 Å². The average Bonchev–Trinajstić information content (AvgIpc) is 2.85. The maximum Gasteiger partial charge on any atom is 0.207 e. The van der Waals surface area contributed by atoms with Crippen molar-refractivity contribution < 1.29 is 4.74 Å². The quantitative estimate of drug-likeness (QED) is 0.849. The zero-order valence-corrected chi connectivity index (χ0v) is 10.8. The normalized spacial score (nSPS) is 12.3. The van der Waals surface area contributed by atoms with Gasteiger partial charge in [-0.15, -0.1) is 0 Å². The lowest BCUT2D eigenvalue weighted by molar-refractivity contribution is 0.154. The molecule has 0 saturated heterocycles. The molecular formula is C14H19N3O. The van der Waals surface area contributed by atoms with Crippen LogP contribution in [-0.4, -0.2) is 23.3 Å². The fraction of sp³-hybridized carbons (Fsp3) is 0.357. The number of ether oxygens (including phenoxy) is 1. The predicted octanol–water partition coefficient (Wildman–Crippen LogP) is 3.22. The highest BCUT2D eigenvalue weighted by Crippen LogP contribution is 2.20. The third kappa shape index (κ3) is 2.90. The number of imidazole rings is 1. The summed E-state index contributed by atoms with van der Waals surface area (Å²) in [6.07, 6.45) is 4.80. The molecule has 1 unspecified atom stereocenters. The largest absolute Gasteiger partial charge is 0.383 e. The van der Waals surface area contributed by atoms with Gasteiger partial charge in [-0.2, -0.15) is 0 Å². The van der Waals surface area contributed by atoms with Crippen molar-refractivity contribution in [3.05, 3.63) is 42.7 Å². The van der Waals surface area contributed by atoms with E-state index < -0.39 is 0 Å². The Morgan fingerprint density at radius 1 is 1.33 bits per heavy atom. The van der Waals surface area contributed by atoms with Gasteiger partial charge in [-0.1, -0.05) is 25.1 Å². The molecule has 0 saturated carbocycles. The summed E-state index contributed by atoms with van der Waals surface area (Å²) >= 11 is 0. The van der Waals surface area contributed by atoms with Gasteiger partial charge < -0.3 is 14.6 Å². The molecule has 0 fully saturated rings. The Hall–Kier alpha value is -1.81. The number of rotatable bonds is 6. The minimum absolute atomic E-state index is 0.309. The summed E-state index contributed by atoms with van der Waals surface area (Å²) in [5, 5.41) is 3.32. The molecule has 18 heavy (non-hydrogen) atoms. The molecule has 0 spiro atoms. The van der Waals surface area contributed by atoms with Crippen molar-refractivity contribution in [1.82, 2.24) is 9.55 Å². The second-order valence-electron chi connectivity index (χ2n) is 4.17. The zero-order valence-electron chi connectivity index (χ0n) is 10.8. The molecule has 1 N–H and O–H groups in total. The van der Waals surface area contributed by atoms with Gasteiger partial charge in [0.25, 0.3) is 0 Å². The minimum atomic E-state index is 0.309. The van der Waals surface area contributed by atoms with Crippen molar-refractivity contribution in [3.63, 3.8) is 0 Å². The number of benzene rings is 1. The van der Waals surface area contributed by atoms with Crippen LogP contribution in [-0.2, 0) is 4.74 Å². The lowest BCUT2D eigenvalue weighted by Gasteiger charge is -2.18. The van der Waals surface area contributed by atoms with E-state index in [9.17, 15) is 0 Å². The maximum atomic E-state index is 5.25. The molecule has 0 aliphatic rings. The van der Waals surface area contributed by atoms with Gasteiger partial charge in [0.15, 0.2) is 0 Å². The zero-order chi connectivity index (χ0) is 12.8. The lowest BCUT2D eigenvalue weighted by Crippen LogP contribution is -2.15. The number of para-hydroxylation sites is 1. The summed E-state index contributed by atoms with van der Waals surface area (Å²) in [6, 6.07) is 10.4. The Kier molecular flexibility index (Phi) is 4.36. The van der Waals surface area contributed by atoms with Gasteiger partial charge in [-0.25, -0.2) is 4.98 Å². The topological polar surface area (TPSA) is 39.1 Å². The van der Waals surface area contributed by atoms with Crippen LogP contribution in [0.5, 0.6) is 0 Å². The summed E-state index contributed by atoms with van der Waals surface area (Å²) in [4.78, 5) is 4.36. The number of aromatic nitrogens is 2. The molecule has 1 heterocycles. The summed E-state index contributed by atoms with van der Waals surface area (Å²) in [5.41, 5.74) is 1.04. The predicted molar refractivity (Wildman–Crippen MR) is 73.2 cm³/mol. The fourth-order valence-corrected chi connectivity index (χ4v) is 1.94. The first-order valence-electron chi connectivity index (χ1n) is 6.19. The molecule has 2 rings (SSSR count). The highest BCUT2D eigenvalue weighted by atomic mass is 16.5. The van der Waals surface area contributed by atoms with E-state index in [4.69, 9.17) is 4.74 Å². The molecule has 96 valence electrons. The lowest BCUT2D eigenvalue weighted by atomic mass is 10.2. The number of nitrogens with zero attached hydrogens (tertiary/aromatic N) is 2. The van der Waals surface area contributed by atoms with Crippen LogP contribution in [0.4, 0.5) is 11.6 Å². The van der Waals surface area contributed by atoms with E-state index in [1.54, 1.807) is 7.11 Å². The highest BCUT2D eigenvalue weighted by molar-refractivity contribution is 5.53. The van der Waals surface area contributed by atoms with Crippen LogP contribution < -0.4 is 5.32 Å². The highest BCUT2D eigenvalue weighted by Gasteiger charge is 2.12. The van der Waals surface area contributed by atoms with E-state index in [1.807, 2.05) is 42.7 Å². The summed E-state index contributed by atoms with van der Waals surface area (Å²) in [5.74, 6) is 0.852. The van der Waals surface area contributed by atoms with Crippen LogP contribution in [0.15, 0.2) is 42.7 Å². The van der Waals surface area contributed by atoms with Crippen molar-refractivity contribution in [2.45, 2.75) is 19.4 Å². The summed E-state index contributed by atoms with van der Waals surface area (Å²) < 4.78 is 7.37. The minimum Gasteiger partial charge on any atom is -0.383 e. The second kappa shape index (κ2) is 6.21. The van der Waals surface area contributed by atoms with E-state index >= 15 is 0 Å². The number of nitrogens with one attached hydrogen (secondary N) is 1. The van der Waals surface area contributed by atoms with E-state index in [0.717, 1.165) is 18.1 Å². The number of hydrogen-bond acceptors (Lipinski definition) is 3. The first kappa shape index (κ1) is 12.6. The summed E-state index contributed by atoms with van der Waals surface area (Å²) in [7, 11) is 1.73. The average molecular weight is 245 g/mol. The fourth-order valence-electron chi connectivity index (χ4n) is 1.94. The standard InChI is InChI=1S/C14H19N3O/c1-3-13(11-18-2)17-10-9-15-14(17)16-12-7-5-4-6-8-12/h4-10,13H,3,11H2,1-2H3,(H,15,16). The van der Waals surface area contributed by atoms with E-state index in [0.29, 0.717) is 12.6 Å². The van der Waals surface area contributed by atoms with Crippen molar-refractivity contribution >= 4 is 11.6 Å². The molecule has 0 bridgehead atoms. The van der Waals surface area contributed by atoms with Crippen LogP contribution in [0, 0.1) is 0 Å². The molecule has 0 aliphatic heterocycles. The second-order valence-corrected chi connectivity index (χ2v) is 4.17. The van der Waals surface area contributed by atoms with Crippen LogP contribution >= 0.6 is 0 Å². The van der Waals surface area contributed by atoms with Crippen LogP contribution in [0.3, 0.4) is 0 Å². The third-order valence-electron chi connectivity index (χ3n) is 2.92. The van der Waals surface area contributed by atoms with Crippen LogP contribution in [0.1, 0.15) is 19.4 Å². The first-order chi connectivity index (χ1) is 8.85. The van der Waals surface area contributed by atoms with E-state index in [2.05, 4.69) is 21.8 Å². The Bertz CT molecular complexity index is 467. The van der Waals surface area contributed by atoms with E-state index in [-0.39, 0.29) is 0 Å². The van der Waals surface area contributed by atoms with Gasteiger partial charge in [0.05, 0.1) is 12.6 Å². The summed E-state index contributed by atoms with van der Waals surface area (Å²) in [6.45, 7) is 2.84. The Labute approximate surface area is 108 Å². The molecule has 1 aromatic carbocycles. The monoisotopic (exact) mass is 245 g/mol.